The second kappa shape index (κ2) is 4.45. The van der Waals surface area contributed by atoms with Crippen LogP contribution in [0.5, 0.6) is 0 Å². The zero-order chi connectivity index (χ0) is 11.8. The molecule has 2 fully saturated rings. The van der Waals surface area contributed by atoms with Crippen molar-refractivity contribution in [2.75, 3.05) is 0 Å². The summed E-state index contributed by atoms with van der Waals surface area (Å²) in [6, 6.07) is 7.60. The third kappa shape index (κ3) is 2.26. The third-order valence-electron chi connectivity index (χ3n) is 4.79. The molecule has 0 spiro atoms. The number of fused-ring (bicyclic) bond motifs is 2. The van der Waals surface area contributed by atoms with Crippen LogP contribution in [-0.4, -0.2) is 6.04 Å². The van der Waals surface area contributed by atoms with Gasteiger partial charge in [0.25, 0.3) is 0 Å². The second-order valence-corrected chi connectivity index (χ2v) is 6.09. The predicted molar refractivity (Wildman–Crippen MR) is 72.0 cm³/mol. The normalized spacial score (nSPS) is 31.1. The first kappa shape index (κ1) is 11.3. The smallest absolute Gasteiger partial charge is 0.0210 e. The average Bonchev–Trinajstić information content (AvgIpc) is 2.89. The minimum atomic E-state index is 0.800. The third-order valence-corrected chi connectivity index (χ3v) is 4.79. The molecule has 0 heterocycles. The minimum Gasteiger partial charge on any atom is -0.310 e. The van der Waals surface area contributed by atoms with Crippen molar-refractivity contribution in [3.63, 3.8) is 0 Å². The fourth-order valence-corrected chi connectivity index (χ4v) is 3.78. The standard InChI is InChI=1S/C16H23N/c1-11-3-5-15(12(2)7-11)10-17-16-9-13-4-6-14(16)8-13/h3,5,7,13-14,16-17H,4,6,8-10H2,1-2H3. The number of hydrogen-bond acceptors (Lipinski definition) is 1. The molecule has 0 aromatic heterocycles. The fourth-order valence-electron chi connectivity index (χ4n) is 3.78. The SMILES string of the molecule is Cc1ccc(CNC2CC3CCC2C3)c(C)c1. The lowest BCUT2D eigenvalue weighted by Crippen LogP contribution is -2.33. The second-order valence-electron chi connectivity index (χ2n) is 6.09. The molecule has 2 aliphatic rings. The highest BCUT2D eigenvalue weighted by Gasteiger charge is 2.38. The predicted octanol–water partition coefficient (Wildman–Crippen LogP) is 3.58. The van der Waals surface area contributed by atoms with E-state index in [0.29, 0.717) is 0 Å². The molecular weight excluding hydrogens is 206 g/mol. The van der Waals surface area contributed by atoms with E-state index in [0.717, 1.165) is 24.4 Å². The molecule has 3 unspecified atom stereocenters. The molecule has 92 valence electrons. The van der Waals surface area contributed by atoms with Crippen LogP contribution < -0.4 is 5.32 Å². The number of aryl methyl sites for hydroxylation is 2. The van der Waals surface area contributed by atoms with Crippen LogP contribution in [0.25, 0.3) is 0 Å². The van der Waals surface area contributed by atoms with Crippen LogP contribution in [0.3, 0.4) is 0 Å². The first-order chi connectivity index (χ1) is 8.22. The van der Waals surface area contributed by atoms with Gasteiger partial charge in [0.15, 0.2) is 0 Å². The summed E-state index contributed by atoms with van der Waals surface area (Å²) >= 11 is 0. The molecule has 2 saturated carbocycles. The highest BCUT2D eigenvalue weighted by atomic mass is 14.9. The van der Waals surface area contributed by atoms with E-state index in [9.17, 15) is 0 Å². The molecule has 1 nitrogen and oxygen atoms in total. The van der Waals surface area contributed by atoms with Gasteiger partial charge in [-0.2, -0.15) is 0 Å². The van der Waals surface area contributed by atoms with Crippen LogP contribution in [0.15, 0.2) is 18.2 Å². The molecule has 3 rings (SSSR count). The van der Waals surface area contributed by atoms with Crippen LogP contribution in [0.2, 0.25) is 0 Å². The van der Waals surface area contributed by atoms with E-state index in [-0.39, 0.29) is 0 Å². The molecular formula is C16H23N. The lowest BCUT2D eigenvalue weighted by atomic mass is 9.95. The topological polar surface area (TPSA) is 12.0 Å². The number of rotatable bonds is 3. The van der Waals surface area contributed by atoms with Crippen molar-refractivity contribution in [1.29, 1.82) is 0 Å². The Morgan fingerprint density at radius 1 is 1.18 bits per heavy atom. The summed E-state index contributed by atoms with van der Waals surface area (Å²) in [7, 11) is 0. The van der Waals surface area contributed by atoms with Gasteiger partial charge in [-0.1, -0.05) is 30.2 Å². The maximum atomic E-state index is 3.79. The molecule has 1 aromatic rings. The van der Waals surface area contributed by atoms with Crippen LogP contribution in [0, 0.1) is 25.7 Å². The largest absolute Gasteiger partial charge is 0.310 e. The maximum absolute atomic E-state index is 3.79. The van der Waals surface area contributed by atoms with Crippen molar-refractivity contribution >= 4 is 0 Å². The highest BCUT2D eigenvalue weighted by molar-refractivity contribution is 5.30. The van der Waals surface area contributed by atoms with E-state index in [2.05, 4.69) is 37.4 Å². The van der Waals surface area contributed by atoms with Gasteiger partial charge in [-0.15, -0.1) is 0 Å². The zero-order valence-electron chi connectivity index (χ0n) is 11.0. The van der Waals surface area contributed by atoms with Crippen LogP contribution >= 0.6 is 0 Å². The van der Waals surface area contributed by atoms with Crippen molar-refractivity contribution in [2.45, 2.75) is 52.1 Å². The van der Waals surface area contributed by atoms with Gasteiger partial charge in [0.2, 0.25) is 0 Å². The van der Waals surface area contributed by atoms with E-state index < -0.39 is 0 Å². The minimum absolute atomic E-state index is 0.800. The Balaban J connectivity index is 1.60. The van der Waals surface area contributed by atoms with Gasteiger partial charge in [-0.3, -0.25) is 0 Å². The van der Waals surface area contributed by atoms with Gasteiger partial charge in [0.1, 0.15) is 0 Å². The quantitative estimate of drug-likeness (QED) is 0.835. The molecule has 0 saturated heterocycles. The molecule has 0 radical (unpaired) electrons. The number of benzene rings is 1. The Kier molecular flexibility index (Phi) is 2.96. The summed E-state index contributed by atoms with van der Waals surface area (Å²) in [5.41, 5.74) is 4.27. The molecule has 17 heavy (non-hydrogen) atoms. The summed E-state index contributed by atoms with van der Waals surface area (Å²) in [4.78, 5) is 0. The van der Waals surface area contributed by atoms with Crippen LogP contribution in [-0.2, 0) is 6.54 Å². The van der Waals surface area contributed by atoms with E-state index in [1.165, 1.54) is 42.4 Å². The first-order valence-electron chi connectivity index (χ1n) is 7.02. The van der Waals surface area contributed by atoms with Crippen LogP contribution in [0.1, 0.15) is 42.4 Å². The maximum Gasteiger partial charge on any atom is 0.0210 e. The molecule has 2 bridgehead atoms. The van der Waals surface area contributed by atoms with Gasteiger partial charge in [0.05, 0.1) is 0 Å². The molecule has 1 heteroatoms. The molecule has 0 amide bonds. The Morgan fingerprint density at radius 3 is 2.71 bits per heavy atom. The lowest BCUT2D eigenvalue weighted by molar-refractivity contribution is 0.350. The van der Waals surface area contributed by atoms with E-state index in [1.807, 2.05) is 0 Å². The number of hydrogen-bond donors (Lipinski definition) is 1. The highest BCUT2D eigenvalue weighted by Crippen LogP contribution is 2.44. The summed E-state index contributed by atoms with van der Waals surface area (Å²) in [6.45, 7) is 5.45. The van der Waals surface area contributed by atoms with Gasteiger partial charge in [-0.05, 0) is 56.1 Å². The summed E-state index contributed by atoms with van der Waals surface area (Å²) in [6.07, 6.45) is 5.88. The van der Waals surface area contributed by atoms with Crippen molar-refractivity contribution < 1.29 is 0 Å². The van der Waals surface area contributed by atoms with Crippen molar-refractivity contribution in [3.05, 3.63) is 34.9 Å². The Hall–Kier alpha value is -0.820. The van der Waals surface area contributed by atoms with Gasteiger partial charge in [0, 0.05) is 12.6 Å². The Morgan fingerprint density at radius 2 is 2.06 bits per heavy atom. The summed E-state index contributed by atoms with van der Waals surface area (Å²) in [5.74, 6) is 2.02. The van der Waals surface area contributed by atoms with Crippen LogP contribution in [0.4, 0.5) is 0 Å². The van der Waals surface area contributed by atoms with Crippen molar-refractivity contribution in [1.82, 2.24) is 5.32 Å². The molecule has 3 atom stereocenters. The van der Waals surface area contributed by atoms with Gasteiger partial charge < -0.3 is 5.32 Å². The van der Waals surface area contributed by atoms with Gasteiger partial charge in [-0.25, -0.2) is 0 Å². The Labute approximate surface area is 105 Å². The molecule has 1 aromatic carbocycles. The monoisotopic (exact) mass is 229 g/mol. The van der Waals surface area contributed by atoms with Crippen molar-refractivity contribution in [2.24, 2.45) is 11.8 Å². The van der Waals surface area contributed by atoms with E-state index in [1.54, 1.807) is 0 Å². The lowest BCUT2D eigenvalue weighted by Gasteiger charge is -2.23. The molecule has 2 aliphatic carbocycles. The Bertz CT molecular complexity index is 410. The fraction of sp³-hybridized carbons (Fsp3) is 0.625. The number of nitrogens with one attached hydrogen (secondary N) is 1. The van der Waals surface area contributed by atoms with E-state index >= 15 is 0 Å². The average molecular weight is 229 g/mol. The summed E-state index contributed by atoms with van der Waals surface area (Å²) in [5, 5.41) is 3.79. The first-order valence-corrected chi connectivity index (χ1v) is 7.02. The molecule has 0 aliphatic heterocycles. The summed E-state index contributed by atoms with van der Waals surface area (Å²) < 4.78 is 0. The zero-order valence-corrected chi connectivity index (χ0v) is 11.0. The van der Waals surface area contributed by atoms with Gasteiger partial charge >= 0.3 is 0 Å². The molecule has 1 N–H and O–H groups in total. The van der Waals surface area contributed by atoms with Crippen molar-refractivity contribution in [3.8, 4) is 0 Å². The van der Waals surface area contributed by atoms with E-state index in [4.69, 9.17) is 0 Å².